The van der Waals surface area contributed by atoms with Crippen molar-refractivity contribution in [1.29, 1.82) is 0 Å². The average molecular weight is 557 g/mol. The molecule has 0 aliphatic heterocycles. The van der Waals surface area contributed by atoms with Crippen molar-refractivity contribution in [3.05, 3.63) is 72.3 Å². The van der Waals surface area contributed by atoms with Gasteiger partial charge < -0.3 is 25.3 Å². The number of ether oxygens (including phenoxy) is 3. The van der Waals surface area contributed by atoms with Crippen LogP contribution in [0.3, 0.4) is 0 Å². The lowest BCUT2D eigenvalue weighted by molar-refractivity contribution is 0.0294. The zero-order valence-electron chi connectivity index (χ0n) is 23.5. The molecule has 11 heteroatoms. The summed E-state index contributed by atoms with van der Waals surface area (Å²) >= 11 is 0. The van der Waals surface area contributed by atoms with E-state index >= 15 is 0 Å². The molecule has 214 valence electrons. The first-order valence-corrected chi connectivity index (χ1v) is 13.8. The Bertz CT molecular complexity index is 1550. The topological polar surface area (TPSA) is 138 Å². The second-order valence-electron chi connectivity index (χ2n) is 9.55. The molecule has 0 saturated heterocycles. The first kappa shape index (κ1) is 28.2. The molecular weight excluding hydrogens is 520 g/mol. The minimum Gasteiger partial charge on any atom is -0.491 e. The van der Waals surface area contributed by atoms with E-state index in [1.807, 2.05) is 56.0 Å². The summed E-state index contributed by atoms with van der Waals surface area (Å²) in [5.41, 5.74) is 13.5. The number of nitrogen functional groups attached to an aromatic ring is 1. The Labute approximate surface area is 239 Å². The summed E-state index contributed by atoms with van der Waals surface area (Å²) in [5, 5.41) is 19.4. The summed E-state index contributed by atoms with van der Waals surface area (Å²) in [6.45, 7) is 6.02. The molecule has 3 aromatic heterocycles. The van der Waals surface area contributed by atoms with E-state index in [9.17, 15) is 0 Å². The van der Waals surface area contributed by atoms with Crippen LogP contribution in [0.1, 0.15) is 18.2 Å². The third-order valence-corrected chi connectivity index (χ3v) is 6.76. The number of nitrogens with two attached hydrogens (primary N) is 1. The highest BCUT2D eigenvalue weighted by Crippen LogP contribution is 2.37. The summed E-state index contributed by atoms with van der Waals surface area (Å²) in [7, 11) is 1.91. The number of nitrogens with zero attached hydrogens (tertiary/aromatic N) is 5. The molecule has 2 aromatic carbocycles. The molecule has 0 unspecified atom stereocenters. The summed E-state index contributed by atoms with van der Waals surface area (Å²) in [6, 6.07) is 14.2. The number of nitrogens with one attached hydrogen (secondary N) is 2. The third kappa shape index (κ3) is 7.07. The largest absolute Gasteiger partial charge is 0.491 e. The maximum Gasteiger partial charge on any atom is 0.131 e. The lowest BCUT2D eigenvalue weighted by Crippen LogP contribution is -2.15. The number of rotatable bonds is 15. The smallest absolute Gasteiger partial charge is 0.131 e. The highest BCUT2D eigenvalue weighted by atomic mass is 16.5. The van der Waals surface area contributed by atoms with Crippen molar-refractivity contribution in [2.24, 2.45) is 0 Å². The van der Waals surface area contributed by atoms with E-state index in [1.165, 1.54) is 0 Å². The van der Waals surface area contributed by atoms with Gasteiger partial charge in [0, 0.05) is 29.3 Å². The van der Waals surface area contributed by atoms with Crippen LogP contribution >= 0.6 is 0 Å². The van der Waals surface area contributed by atoms with Gasteiger partial charge in [0.25, 0.3) is 0 Å². The van der Waals surface area contributed by atoms with Gasteiger partial charge in [0.1, 0.15) is 23.9 Å². The van der Waals surface area contributed by atoms with Crippen LogP contribution in [0.15, 0.2) is 61.1 Å². The third-order valence-electron chi connectivity index (χ3n) is 6.76. The minimum atomic E-state index is 0.411. The summed E-state index contributed by atoms with van der Waals surface area (Å²) in [6.07, 6.45) is 6.40. The quantitative estimate of drug-likeness (QED) is 0.164. The lowest BCUT2D eigenvalue weighted by atomic mass is 9.91. The number of fused-ring (bicyclic) bond motifs is 1. The van der Waals surface area contributed by atoms with Crippen molar-refractivity contribution in [3.8, 4) is 28.0 Å². The summed E-state index contributed by atoms with van der Waals surface area (Å²) < 4.78 is 18.9. The Morgan fingerprint density at radius 2 is 1.78 bits per heavy atom. The van der Waals surface area contributed by atoms with Crippen molar-refractivity contribution in [2.75, 3.05) is 45.8 Å². The Morgan fingerprint density at radius 1 is 0.976 bits per heavy atom. The molecule has 0 radical (unpaired) electrons. The Morgan fingerprint density at radius 3 is 2.61 bits per heavy atom. The molecule has 0 fully saturated rings. The van der Waals surface area contributed by atoms with E-state index < -0.39 is 0 Å². The molecule has 0 amide bonds. The van der Waals surface area contributed by atoms with Crippen LogP contribution < -0.4 is 15.8 Å². The van der Waals surface area contributed by atoms with Crippen molar-refractivity contribution in [1.82, 2.24) is 35.5 Å². The van der Waals surface area contributed by atoms with Crippen LogP contribution in [0.25, 0.3) is 33.2 Å². The van der Waals surface area contributed by atoms with E-state index in [4.69, 9.17) is 19.9 Å². The summed E-state index contributed by atoms with van der Waals surface area (Å²) in [4.78, 5) is 4.54. The Hall–Kier alpha value is -4.32. The number of aromatic amines is 1. The van der Waals surface area contributed by atoms with Crippen LogP contribution in [0.5, 0.6) is 5.75 Å². The van der Waals surface area contributed by atoms with Gasteiger partial charge in [-0.2, -0.15) is 5.10 Å². The average Bonchev–Trinajstić information content (AvgIpc) is 3.66. The normalized spacial score (nSPS) is 11.4. The predicted octanol–water partition coefficient (Wildman–Crippen LogP) is 3.86. The molecule has 5 aromatic rings. The summed E-state index contributed by atoms with van der Waals surface area (Å²) in [5.74, 6) is 1.28. The van der Waals surface area contributed by atoms with E-state index in [-0.39, 0.29) is 0 Å². The number of likely N-dealkylation sites (N-methyl/N-ethyl adjacent to an activating group) is 1. The van der Waals surface area contributed by atoms with Crippen LogP contribution in [-0.2, 0) is 29.0 Å². The highest BCUT2D eigenvalue weighted by Gasteiger charge is 2.16. The number of hydrogen-bond acceptors (Lipinski definition) is 9. The van der Waals surface area contributed by atoms with Crippen molar-refractivity contribution in [2.45, 2.75) is 26.5 Å². The fourth-order valence-corrected chi connectivity index (χ4v) is 4.69. The number of benzene rings is 2. The van der Waals surface area contributed by atoms with E-state index in [1.54, 1.807) is 4.68 Å². The van der Waals surface area contributed by atoms with Gasteiger partial charge in [-0.25, -0.2) is 4.98 Å². The zero-order valence-corrected chi connectivity index (χ0v) is 23.5. The molecule has 0 saturated carbocycles. The van der Waals surface area contributed by atoms with Gasteiger partial charge >= 0.3 is 0 Å². The predicted molar refractivity (Wildman–Crippen MR) is 158 cm³/mol. The molecule has 5 rings (SSSR count). The van der Waals surface area contributed by atoms with Crippen molar-refractivity contribution in [3.63, 3.8) is 0 Å². The lowest BCUT2D eigenvalue weighted by Gasteiger charge is -2.16. The molecule has 0 atom stereocenters. The molecule has 0 aliphatic rings. The van der Waals surface area contributed by atoms with Gasteiger partial charge in [0.15, 0.2) is 0 Å². The SMILES string of the molecule is CCc1c(-c2ccc3[nH]ncc3c2)cnc(N)c1-c1ccc(OCCOCCOCc2cn(CCNC)nn2)cc1. The standard InChI is InChI=1S/C30H36N8O3/c1-3-26-27(22-6-9-28-23(16-22)17-34-36-28)18-33-30(31)29(26)21-4-7-25(8-5-21)41-15-14-39-12-13-40-20-24-19-38(37-35-24)11-10-32-2/h4-9,16-19,32H,3,10-15,20H2,1-2H3,(H2,31,33)(H,34,36). The molecular formula is C30H36N8O3. The Balaban J connectivity index is 1.10. The number of H-pyrrole nitrogens is 1. The van der Waals surface area contributed by atoms with Gasteiger partial charge in [-0.05, 0) is 54.4 Å². The minimum absolute atomic E-state index is 0.411. The van der Waals surface area contributed by atoms with E-state index in [0.29, 0.717) is 38.9 Å². The van der Waals surface area contributed by atoms with Crippen LogP contribution in [0.2, 0.25) is 0 Å². The van der Waals surface area contributed by atoms with Crippen molar-refractivity contribution < 1.29 is 14.2 Å². The van der Waals surface area contributed by atoms with E-state index in [2.05, 4.69) is 49.9 Å². The molecule has 11 nitrogen and oxygen atoms in total. The zero-order chi connectivity index (χ0) is 28.4. The molecule has 4 N–H and O–H groups in total. The van der Waals surface area contributed by atoms with E-state index in [0.717, 1.165) is 69.7 Å². The van der Waals surface area contributed by atoms with Gasteiger partial charge in [-0.3, -0.25) is 9.78 Å². The first-order chi connectivity index (χ1) is 20.2. The second kappa shape index (κ2) is 13.8. The highest BCUT2D eigenvalue weighted by molar-refractivity contribution is 5.88. The van der Waals surface area contributed by atoms with Crippen LogP contribution in [-0.4, -0.2) is 70.2 Å². The fourth-order valence-electron chi connectivity index (χ4n) is 4.69. The molecule has 0 bridgehead atoms. The van der Waals surface area contributed by atoms with Gasteiger partial charge in [-0.15, -0.1) is 5.10 Å². The van der Waals surface area contributed by atoms with Crippen molar-refractivity contribution >= 4 is 16.7 Å². The number of hydrogen-bond donors (Lipinski definition) is 3. The monoisotopic (exact) mass is 556 g/mol. The van der Waals surface area contributed by atoms with Gasteiger partial charge in [0.2, 0.25) is 0 Å². The van der Waals surface area contributed by atoms with Gasteiger partial charge in [-0.1, -0.05) is 30.3 Å². The molecule has 3 heterocycles. The van der Waals surface area contributed by atoms with Crippen LogP contribution in [0, 0.1) is 0 Å². The maximum absolute atomic E-state index is 6.39. The molecule has 41 heavy (non-hydrogen) atoms. The first-order valence-electron chi connectivity index (χ1n) is 13.8. The number of anilines is 1. The van der Waals surface area contributed by atoms with Gasteiger partial charge in [0.05, 0.1) is 50.9 Å². The Kier molecular flexibility index (Phi) is 9.53. The second-order valence-corrected chi connectivity index (χ2v) is 9.55. The number of pyridine rings is 1. The van der Waals surface area contributed by atoms with Crippen LogP contribution in [0.4, 0.5) is 5.82 Å². The fraction of sp³-hybridized carbons (Fsp3) is 0.333. The number of aromatic nitrogens is 6. The molecule has 0 aliphatic carbocycles. The molecule has 0 spiro atoms. The maximum atomic E-state index is 6.39.